The molecule has 0 aliphatic heterocycles. The van der Waals surface area contributed by atoms with E-state index < -0.39 is 0 Å². The highest BCUT2D eigenvalue weighted by molar-refractivity contribution is 5.97. The lowest BCUT2D eigenvalue weighted by atomic mass is 10.1. The molecule has 0 radical (unpaired) electrons. The Bertz CT molecular complexity index is 840. The molecule has 0 unspecified atom stereocenters. The Morgan fingerprint density at radius 2 is 2.05 bits per heavy atom. The maximum Gasteiger partial charge on any atom is 0.280 e. The molecule has 0 fully saturated rings. The largest absolute Gasteiger partial charge is 0.382 e. The third kappa shape index (κ3) is 2.43. The van der Waals surface area contributed by atoms with Crippen molar-refractivity contribution in [1.29, 1.82) is 5.26 Å². The van der Waals surface area contributed by atoms with Crippen LogP contribution in [0.15, 0.2) is 43.1 Å². The van der Waals surface area contributed by atoms with Gasteiger partial charge in [-0.05, 0) is 17.7 Å². The van der Waals surface area contributed by atoms with Crippen LogP contribution in [0.1, 0.15) is 21.5 Å². The quantitative estimate of drug-likeness (QED) is 0.758. The lowest BCUT2D eigenvalue weighted by Crippen LogP contribution is -2.16. The van der Waals surface area contributed by atoms with Gasteiger partial charge in [-0.3, -0.25) is 4.79 Å². The average molecular weight is 293 g/mol. The van der Waals surface area contributed by atoms with Crippen molar-refractivity contribution >= 4 is 11.7 Å². The lowest BCUT2D eigenvalue weighted by Gasteiger charge is -2.05. The summed E-state index contributed by atoms with van der Waals surface area (Å²) in [6, 6.07) is 8.88. The fourth-order valence-corrected chi connectivity index (χ4v) is 1.98. The van der Waals surface area contributed by atoms with Crippen LogP contribution < -0.4 is 5.73 Å². The van der Waals surface area contributed by atoms with Crippen molar-refractivity contribution in [3.8, 4) is 6.07 Å². The van der Waals surface area contributed by atoms with Gasteiger partial charge in [0.15, 0.2) is 0 Å². The molecule has 0 amide bonds. The van der Waals surface area contributed by atoms with E-state index in [-0.39, 0.29) is 17.3 Å². The van der Waals surface area contributed by atoms with E-state index in [0.29, 0.717) is 12.1 Å². The summed E-state index contributed by atoms with van der Waals surface area (Å²) in [5.74, 6) is -0.342. The number of carbonyl (C=O) groups is 1. The van der Waals surface area contributed by atoms with E-state index in [2.05, 4.69) is 15.2 Å². The van der Waals surface area contributed by atoms with Gasteiger partial charge in [-0.15, -0.1) is 0 Å². The number of nitrogens with zero attached hydrogens (tertiary/aromatic N) is 6. The standard InChI is InChI=1S/C14H11N7O/c15-5-12-6-18-21(13(12)16)14(22)11-3-1-10(2-4-11)7-20-9-17-8-19-20/h1-4,6,8-9H,7,16H2. The molecule has 1 aromatic carbocycles. The highest BCUT2D eigenvalue weighted by Crippen LogP contribution is 2.13. The second kappa shape index (κ2) is 5.49. The van der Waals surface area contributed by atoms with Gasteiger partial charge in [-0.2, -0.15) is 20.1 Å². The van der Waals surface area contributed by atoms with Gasteiger partial charge in [0, 0.05) is 5.56 Å². The smallest absolute Gasteiger partial charge is 0.280 e. The molecule has 0 aliphatic carbocycles. The number of rotatable bonds is 3. The average Bonchev–Trinajstić information content (AvgIpc) is 3.17. The molecule has 2 heterocycles. The fraction of sp³-hybridized carbons (Fsp3) is 0.0714. The Morgan fingerprint density at radius 1 is 1.27 bits per heavy atom. The molecule has 8 nitrogen and oxygen atoms in total. The highest BCUT2D eigenvalue weighted by atomic mass is 16.2. The molecular weight excluding hydrogens is 282 g/mol. The number of nitrogens with two attached hydrogens (primary N) is 1. The molecule has 0 aliphatic rings. The third-order valence-corrected chi connectivity index (χ3v) is 3.13. The highest BCUT2D eigenvalue weighted by Gasteiger charge is 2.15. The topological polar surface area (TPSA) is 115 Å². The normalized spacial score (nSPS) is 10.3. The van der Waals surface area contributed by atoms with E-state index in [1.807, 2.05) is 18.2 Å². The first-order chi connectivity index (χ1) is 10.7. The molecule has 108 valence electrons. The van der Waals surface area contributed by atoms with Crippen LogP contribution in [-0.2, 0) is 6.54 Å². The molecular formula is C14H11N7O. The van der Waals surface area contributed by atoms with Crippen LogP contribution >= 0.6 is 0 Å². The number of nitriles is 1. The maximum absolute atomic E-state index is 12.3. The van der Waals surface area contributed by atoms with Gasteiger partial charge in [0.1, 0.15) is 30.1 Å². The Hall–Kier alpha value is -3.47. The number of hydrogen-bond acceptors (Lipinski definition) is 6. The van der Waals surface area contributed by atoms with E-state index in [4.69, 9.17) is 11.0 Å². The summed E-state index contributed by atoms with van der Waals surface area (Å²) >= 11 is 0. The van der Waals surface area contributed by atoms with E-state index in [1.54, 1.807) is 23.1 Å². The second-order valence-electron chi connectivity index (χ2n) is 4.56. The zero-order valence-corrected chi connectivity index (χ0v) is 11.4. The predicted molar refractivity (Wildman–Crippen MR) is 76.6 cm³/mol. The Balaban J connectivity index is 1.81. The van der Waals surface area contributed by atoms with Crippen molar-refractivity contribution in [3.63, 3.8) is 0 Å². The zero-order valence-electron chi connectivity index (χ0n) is 11.4. The third-order valence-electron chi connectivity index (χ3n) is 3.13. The van der Waals surface area contributed by atoms with Crippen molar-refractivity contribution < 1.29 is 4.79 Å². The van der Waals surface area contributed by atoms with Gasteiger partial charge in [-0.25, -0.2) is 9.67 Å². The molecule has 0 atom stereocenters. The van der Waals surface area contributed by atoms with Crippen LogP contribution in [0.2, 0.25) is 0 Å². The molecule has 0 saturated carbocycles. The van der Waals surface area contributed by atoms with Crippen molar-refractivity contribution in [2.45, 2.75) is 6.54 Å². The first kappa shape index (κ1) is 13.5. The van der Waals surface area contributed by atoms with Gasteiger partial charge in [0.25, 0.3) is 5.91 Å². The molecule has 2 aromatic heterocycles. The number of nitrogen functional groups attached to an aromatic ring is 1. The van der Waals surface area contributed by atoms with Gasteiger partial charge < -0.3 is 5.73 Å². The molecule has 22 heavy (non-hydrogen) atoms. The van der Waals surface area contributed by atoms with Gasteiger partial charge >= 0.3 is 0 Å². The fourth-order valence-electron chi connectivity index (χ4n) is 1.98. The summed E-state index contributed by atoms with van der Waals surface area (Å²) < 4.78 is 2.70. The van der Waals surface area contributed by atoms with Gasteiger partial charge in [0.05, 0.1) is 12.7 Å². The minimum Gasteiger partial charge on any atom is -0.382 e. The summed E-state index contributed by atoms with van der Waals surface area (Å²) in [7, 11) is 0. The molecule has 0 saturated heterocycles. The van der Waals surface area contributed by atoms with Crippen LogP contribution in [0.3, 0.4) is 0 Å². The van der Waals surface area contributed by atoms with Crippen LogP contribution in [0, 0.1) is 11.3 Å². The second-order valence-corrected chi connectivity index (χ2v) is 4.56. The summed E-state index contributed by atoms with van der Waals surface area (Å²) in [6.07, 6.45) is 4.35. The number of benzene rings is 1. The van der Waals surface area contributed by atoms with E-state index in [9.17, 15) is 4.79 Å². The van der Waals surface area contributed by atoms with Crippen molar-refractivity contribution in [2.75, 3.05) is 5.73 Å². The minimum atomic E-state index is -0.383. The van der Waals surface area contributed by atoms with Crippen molar-refractivity contribution in [1.82, 2.24) is 24.5 Å². The number of hydrogen-bond donors (Lipinski definition) is 1. The monoisotopic (exact) mass is 293 g/mol. The molecule has 3 aromatic rings. The SMILES string of the molecule is N#Cc1cnn(C(=O)c2ccc(Cn3cncn3)cc2)c1N. The van der Waals surface area contributed by atoms with Gasteiger partial charge in [0.2, 0.25) is 0 Å². The zero-order chi connectivity index (χ0) is 15.5. The Labute approximate surface area is 125 Å². The Kier molecular flexibility index (Phi) is 3.37. The van der Waals surface area contributed by atoms with E-state index >= 15 is 0 Å². The molecule has 0 bridgehead atoms. The van der Waals surface area contributed by atoms with Crippen LogP contribution in [0.4, 0.5) is 5.82 Å². The van der Waals surface area contributed by atoms with Crippen molar-refractivity contribution in [3.05, 3.63) is 59.8 Å². The lowest BCUT2D eigenvalue weighted by molar-refractivity contribution is 0.0948. The summed E-state index contributed by atoms with van der Waals surface area (Å²) in [4.78, 5) is 16.2. The summed E-state index contributed by atoms with van der Waals surface area (Å²) in [5, 5.41) is 16.7. The van der Waals surface area contributed by atoms with Crippen LogP contribution in [0.25, 0.3) is 0 Å². The molecule has 3 rings (SSSR count). The van der Waals surface area contributed by atoms with Crippen LogP contribution in [0.5, 0.6) is 0 Å². The number of anilines is 1. The van der Waals surface area contributed by atoms with Crippen molar-refractivity contribution in [2.24, 2.45) is 0 Å². The summed E-state index contributed by atoms with van der Waals surface area (Å²) in [5.41, 5.74) is 7.30. The predicted octanol–water partition coefficient (Wildman–Crippen LogP) is 0.665. The molecule has 8 heteroatoms. The Morgan fingerprint density at radius 3 is 2.64 bits per heavy atom. The van der Waals surface area contributed by atoms with E-state index in [1.165, 1.54) is 12.5 Å². The first-order valence-corrected chi connectivity index (χ1v) is 6.38. The minimum absolute atomic E-state index is 0.0409. The summed E-state index contributed by atoms with van der Waals surface area (Å²) in [6.45, 7) is 0.566. The number of carbonyl (C=O) groups excluding carboxylic acids is 1. The molecule has 0 spiro atoms. The number of aromatic nitrogens is 5. The first-order valence-electron chi connectivity index (χ1n) is 6.38. The molecule has 2 N–H and O–H groups in total. The maximum atomic E-state index is 12.3. The van der Waals surface area contributed by atoms with Crippen LogP contribution in [-0.4, -0.2) is 30.5 Å². The van der Waals surface area contributed by atoms with E-state index in [0.717, 1.165) is 10.2 Å². The van der Waals surface area contributed by atoms with Gasteiger partial charge in [-0.1, -0.05) is 12.1 Å².